The van der Waals surface area contributed by atoms with Gasteiger partial charge in [-0.05, 0) is 18.6 Å². The van der Waals surface area contributed by atoms with Gasteiger partial charge in [0.05, 0.1) is 10.9 Å². The Morgan fingerprint density at radius 1 is 1.55 bits per heavy atom. The van der Waals surface area contributed by atoms with E-state index < -0.39 is 0 Å². The van der Waals surface area contributed by atoms with Crippen molar-refractivity contribution in [3.63, 3.8) is 0 Å². The summed E-state index contributed by atoms with van der Waals surface area (Å²) in [5.41, 5.74) is 6.81. The maximum absolute atomic E-state index is 12.7. The molecule has 0 spiro atoms. The molecule has 5 heteroatoms. The summed E-state index contributed by atoms with van der Waals surface area (Å²) >= 11 is 6.76. The summed E-state index contributed by atoms with van der Waals surface area (Å²) in [6.07, 6.45) is 0. The molecule has 2 atom stereocenters. The van der Waals surface area contributed by atoms with Gasteiger partial charge in [-0.1, -0.05) is 37.3 Å². The third-order valence-corrected chi connectivity index (χ3v) is 5.26. The van der Waals surface area contributed by atoms with Gasteiger partial charge in [-0.3, -0.25) is 4.79 Å². The first-order valence-corrected chi connectivity index (χ1v) is 8.23. The number of amides is 1. The number of fused-ring (bicyclic) bond motifs is 1. The fourth-order valence-electron chi connectivity index (χ4n) is 2.38. The molecule has 1 amide bonds. The van der Waals surface area contributed by atoms with Crippen molar-refractivity contribution in [3.05, 3.63) is 29.8 Å². The standard InChI is InChI=1S/C15H20N2OS2/c1-3-17(8-10(2)14(16)19)15(18)12-9-20-13-7-5-4-6-11(12)13/h4-7,10,12H,3,8-9H2,1-2H3,(H2,16,19). The van der Waals surface area contributed by atoms with Gasteiger partial charge in [0.2, 0.25) is 5.91 Å². The Labute approximate surface area is 129 Å². The van der Waals surface area contributed by atoms with Crippen molar-refractivity contribution >= 4 is 34.9 Å². The van der Waals surface area contributed by atoms with Crippen molar-refractivity contribution in [3.8, 4) is 0 Å². The van der Waals surface area contributed by atoms with Crippen molar-refractivity contribution in [2.75, 3.05) is 18.8 Å². The molecule has 0 aromatic heterocycles. The van der Waals surface area contributed by atoms with E-state index in [0.29, 0.717) is 18.1 Å². The maximum atomic E-state index is 12.7. The zero-order valence-electron chi connectivity index (χ0n) is 11.8. The van der Waals surface area contributed by atoms with Crippen LogP contribution in [-0.2, 0) is 4.79 Å². The van der Waals surface area contributed by atoms with Gasteiger partial charge in [0.1, 0.15) is 0 Å². The summed E-state index contributed by atoms with van der Waals surface area (Å²) < 4.78 is 0. The second-order valence-electron chi connectivity index (χ2n) is 5.08. The minimum Gasteiger partial charge on any atom is -0.393 e. The summed E-state index contributed by atoms with van der Waals surface area (Å²) in [7, 11) is 0. The molecule has 2 rings (SSSR count). The highest BCUT2D eigenvalue weighted by molar-refractivity contribution is 7.99. The fraction of sp³-hybridized carbons (Fsp3) is 0.467. The largest absolute Gasteiger partial charge is 0.393 e. The Balaban J connectivity index is 2.12. The van der Waals surface area contributed by atoms with E-state index in [1.165, 1.54) is 4.90 Å². The Kier molecular flexibility index (Phi) is 5.05. The second-order valence-corrected chi connectivity index (χ2v) is 6.61. The number of nitrogens with zero attached hydrogens (tertiary/aromatic N) is 1. The summed E-state index contributed by atoms with van der Waals surface area (Å²) in [5, 5.41) is 0. The fourth-order valence-corrected chi connectivity index (χ4v) is 3.68. The number of carbonyl (C=O) groups excluding carboxylic acids is 1. The van der Waals surface area contributed by atoms with Crippen molar-refractivity contribution in [1.82, 2.24) is 4.90 Å². The van der Waals surface area contributed by atoms with Crippen LogP contribution in [-0.4, -0.2) is 34.6 Å². The van der Waals surface area contributed by atoms with Gasteiger partial charge in [0.15, 0.2) is 0 Å². The molecule has 1 aliphatic heterocycles. The van der Waals surface area contributed by atoms with E-state index in [1.807, 2.05) is 30.9 Å². The molecule has 1 aromatic rings. The lowest BCUT2D eigenvalue weighted by Crippen LogP contribution is -2.40. The van der Waals surface area contributed by atoms with E-state index in [0.717, 1.165) is 11.3 Å². The molecular weight excluding hydrogens is 288 g/mol. The third kappa shape index (κ3) is 3.15. The molecule has 0 bridgehead atoms. The zero-order valence-corrected chi connectivity index (χ0v) is 13.5. The maximum Gasteiger partial charge on any atom is 0.231 e. The third-order valence-electron chi connectivity index (χ3n) is 3.67. The van der Waals surface area contributed by atoms with Crippen LogP contribution >= 0.6 is 24.0 Å². The van der Waals surface area contributed by atoms with Gasteiger partial charge in [-0.2, -0.15) is 0 Å². The van der Waals surface area contributed by atoms with E-state index in [2.05, 4.69) is 12.1 Å². The number of rotatable bonds is 5. The predicted molar refractivity (Wildman–Crippen MR) is 88.1 cm³/mol. The molecule has 0 fully saturated rings. The quantitative estimate of drug-likeness (QED) is 0.850. The van der Waals surface area contributed by atoms with Gasteiger partial charge in [0.25, 0.3) is 0 Å². The lowest BCUT2D eigenvalue weighted by atomic mass is 9.99. The lowest BCUT2D eigenvalue weighted by molar-refractivity contribution is -0.132. The molecule has 0 saturated heterocycles. The Bertz CT molecular complexity index is 518. The van der Waals surface area contributed by atoms with Gasteiger partial charge in [0, 0.05) is 29.7 Å². The number of thioether (sulfide) groups is 1. The second kappa shape index (κ2) is 6.59. The summed E-state index contributed by atoms with van der Waals surface area (Å²) in [5.74, 6) is 1.04. The number of nitrogens with two attached hydrogens (primary N) is 1. The number of thiocarbonyl (C=S) groups is 1. The van der Waals surface area contributed by atoms with Crippen molar-refractivity contribution in [2.24, 2.45) is 11.7 Å². The number of carbonyl (C=O) groups is 1. The first kappa shape index (κ1) is 15.3. The number of benzene rings is 1. The average molecular weight is 308 g/mol. The minimum atomic E-state index is -0.0327. The molecule has 108 valence electrons. The van der Waals surface area contributed by atoms with Crippen molar-refractivity contribution in [2.45, 2.75) is 24.7 Å². The van der Waals surface area contributed by atoms with Crippen LogP contribution < -0.4 is 5.73 Å². The molecular formula is C15H20N2OS2. The Morgan fingerprint density at radius 2 is 2.25 bits per heavy atom. The SMILES string of the molecule is CCN(CC(C)C(N)=S)C(=O)C1CSc2ccccc21. The highest BCUT2D eigenvalue weighted by atomic mass is 32.2. The smallest absolute Gasteiger partial charge is 0.231 e. The first-order chi connectivity index (χ1) is 9.54. The van der Waals surface area contributed by atoms with Gasteiger partial charge in [-0.15, -0.1) is 11.8 Å². The topological polar surface area (TPSA) is 46.3 Å². The van der Waals surface area contributed by atoms with Gasteiger partial charge >= 0.3 is 0 Å². The lowest BCUT2D eigenvalue weighted by Gasteiger charge is -2.27. The van der Waals surface area contributed by atoms with Crippen molar-refractivity contribution in [1.29, 1.82) is 0 Å². The Morgan fingerprint density at radius 3 is 2.90 bits per heavy atom. The molecule has 1 heterocycles. The van der Waals surface area contributed by atoms with Crippen LogP contribution in [0.4, 0.5) is 0 Å². The molecule has 20 heavy (non-hydrogen) atoms. The highest BCUT2D eigenvalue weighted by Crippen LogP contribution is 2.40. The van der Waals surface area contributed by atoms with Crippen LogP contribution in [0.5, 0.6) is 0 Å². The molecule has 2 unspecified atom stereocenters. The van der Waals surface area contributed by atoms with Crippen LogP contribution in [0.3, 0.4) is 0 Å². The van der Waals surface area contributed by atoms with E-state index in [4.69, 9.17) is 18.0 Å². The molecule has 2 N–H and O–H groups in total. The van der Waals surface area contributed by atoms with E-state index in [-0.39, 0.29) is 17.7 Å². The molecule has 1 aliphatic rings. The Hall–Kier alpha value is -1.07. The molecule has 0 saturated carbocycles. The molecule has 0 radical (unpaired) electrons. The number of hydrogen-bond donors (Lipinski definition) is 1. The van der Waals surface area contributed by atoms with Crippen LogP contribution in [0, 0.1) is 5.92 Å². The molecule has 0 aliphatic carbocycles. The summed E-state index contributed by atoms with van der Waals surface area (Å²) in [6.45, 7) is 5.26. The molecule has 1 aromatic carbocycles. The molecule has 3 nitrogen and oxygen atoms in total. The zero-order chi connectivity index (χ0) is 14.7. The van der Waals surface area contributed by atoms with Gasteiger partial charge in [-0.25, -0.2) is 0 Å². The highest BCUT2D eigenvalue weighted by Gasteiger charge is 2.32. The van der Waals surface area contributed by atoms with Crippen molar-refractivity contribution < 1.29 is 4.79 Å². The van der Waals surface area contributed by atoms with Crippen LogP contribution in [0.2, 0.25) is 0 Å². The normalized spacial score (nSPS) is 18.4. The number of hydrogen-bond acceptors (Lipinski definition) is 3. The van der Waals surface area contributed by atoms with Crippen LogP contribution in [0.25, 0.3) is 0 Å². The monoisotopic (exact) mass is 308 g/mol. The number of likely N-dealkylation sites (N-methyl/N-ethyl adjacent to an activating group) is 1. The van der Waals surface area contributed by atoms with Crippen LogP contribution in [0.1, 0.15) is 25.3 Å². The van der Waals surface area contributed by atoms with E-state index >= 15 is 0 Å². The first-order valence-electron chi connectivity index (χ1n) is 6.84. The van der Waals surface area contributed by atoms with Gasteiger partial charge < -0.3 is 10.6 Å². The van der Waals surface area contributed by atoms with E-state index in [9.17, 15) is 4.79 Å². The van der Waals surface area contributed by atoms with Crippen LogP contribution in [0.15, 0.2) is 29.2 Å². The predicted octanol–water partition coefficient (Wildman–Crippen LogP) is 2.65. The summed E-state index contributed by atoms with van der Waals surface area (Å²) in [6, 6.07) is 8.16. The average Bonchev–Trinajstić information content (AvgIpc) is 2.87. The van der Waals surface area contributed by atoms with E-state index in [1.54, 1.807) is 11.8 Å². The summed E-state index contributed by atoms with van der Waals surface area (Å²) in [4.78, 5) is 16.3. The minimum absolute atomic E-state index is 0.0327.